The van der Waals surface area contributed by atoms with E-state index in [9.17, 15) is 0 Å². The highest BCUT2D eigenvalue weighted by Crippen LogP contribution is 2.10. The minimum Gasteiger partial charge on any atom is -0.330 e. The number of nitrogens with two attached hydrogens (primary N) is 1. The third kappa shape index (κ3) is 1.80. The minimum atomic E-state index is 0.708. The molecule has 1 aliphatic carbocycles. The van der Waals surface area contributed by atoms with E-state index < -0.39 is 0 Å². The maximum Gasteiger partial charge on any atom is 0.117 e. The van der Waals surface area contributed by atoms with Gasteiger partial charge in [0, 0.05) is 18.6 Å². The van der Waals surface area contributed by atoms with Crippen molar-refractivity contribution in [1.82, 2.24) is 0 Å². The van der Waals surface area contributed by atoms with E-state index in [-0.39, 0.29) is 0 Å². The molecule has 10 heavy (non-hydrogen) atoms. The first-order valence-corrected chi connectivity index (χ1v) is 3.51. The third-order valence-electron chi connectivity index (χ3n) is 1.42. The monoisotopic (exact) mass is 134 g/mol. The lowest BCUT2D eigenvalue weighted by Crippen LogP contribution is -2.00. The van der Waals surface area contributed by atoms with Crippen LogP contribution in [0.25, 0.3) is 0 Å². The SMILES string of the molecule is CC1=[C+]C(CCN)=CC=C1. The highest BCUT2D eigenvalue weighted by atomic mass is 14.5. The lowest BCUT2D eigenvalue weighted by molar-refractivity contribution is 0.963. The molecule has 52 valence electrons. The van der Waals surface area contributed by atoms with Gasteiger partial charge < -0.3 is 5.73 Å². The number of allylic oxidation sites excluding steroid dienone is 5. The van der Waals surface area contributed by atoms with Crippen LogP contribution in [0.1, 0.15) is 13.3 Å². The molecule has 0 radical (unpaired) electrons. The average molecular weight is 134 g/mol. The second-order valence-corrected chi connectivity index (χ2v) is 2.40. The van der Waals surface area contributed by atoms with Crippen molar-refractivity contribution in [3.05, 3.63) is 35.5 Å². The Morgan fingerprint density at radius 1 is 1.60 bits per heavy atom. The van der Waals surface area contributed by atoms with E-state index in [1.165, 1.54) is 11.1 Å². The molecule has 0 fully saturated rings. The van der Waals surface area contributed by atoms with Gasteiger partial charge in [0.15, 0.2) is 0 Å². The zero-order valence-corrected chi connectivity index (χ0v) is 6.22. The molecule has 0 aliphatic heterocycles. The molecule has 0 heterocycles. The molecule has 0 aromatic heterocycles. The van der Waals surface area contributed by atoms with Gasteiger partial charge in [-0.05, 0) is 13.5 Å². The smallest absolute Gasteiger partial charge is 0.117 e. The average Bonchev–Trinajstić information content (AvgIpc) is 1.88. The van der Waals surface area contributed by atoms with Gasteiger partial charge in [-0.15, -0.1) is 0 Å². The zero-order chi connectivity index (χ0) is 7.40. The van der Waals surface area contributed by atoms with E-state index in [1.54, 1.807) is 0 Å². The van der Waals surface area contributed by atoms with Gasteiger partial charge in [0.2, 0.25) is 0 Å². The van der Waals surface area contributed by atoms with Crippen molar-refractivity contribution in [3.63, 3.8) is 0 Å². The molecule has 1 rings (SSSR count). The second kappa shape index (κ2) is 3.31. The van der Waals surface area contributed by atoms with Crippen LogP contribution in [0.3, 0.4) is 0 Å². The van der Waals surface area contributed by atoms with Gasteiger partial charge in [-0.3, -0.25) is 0 Å². The second-order valence-electron chi connectivity index (χ2n) is 2.40. The first kappa shape index (κ1) is 7.20. The van der Waals surface area contributed by atoms with Crippen molar-refractivity contribution in [2.75, 3.05) is 6.54 Å². The summed E-state index contributed by atoms with van der Waals surface area (Å²) in [6, 6.07) is 0. The van der Waals surface area contributed by atoms with Crippen molar-refractivity contribution in [1.29, 1.82) is 0 Å². The summed E-state index contributed by atoms with van der Waals surface area (Å²) in [6.45, 7) is 2.75. The van der Waals surface area contributed by atoms with Gasteiger partial charge in [-0.25, -0.2) is 0 Å². The number of hydrogen-bond donors (Lipinski definition) is 1. The third-order valence-corrected chi connectivity index (χ3v) is 1.42. The van der Waals surface area contributed by atoms with E-state index in [1.807, 2.05) is 19.1 Å². The topological polar surface area (TPSA) is 26.0 Å². The summed E-state index contributed by atoms with van der Waals surface area (Å²) in [5, 5.41) is 0. The largest absolute Gasteiger partial charge is 0.330 e. The Morgan fingerprint density at radius 3 is 3.00 bits per heavy atom. The van der Waals surface area contributed by atoms with Crippen LogP contribution >= 0.6 is 0 Å². The number of hydrogen-bond acceptors (Lipinski definition) is 1. The first-order chi connectivity index (χ1) is 4.83. The maximum atomic E-state index is 5.39. The summed E-state index contributed by atoms with van der Waals surface area (Å²) in [7, 11) is 0. The molecule has 0 spiro atoms. The van der Waals surface area contributed by atoms with Crippen molar-refractivity contribution < 1.29 is 0 Å². The minimum absolute atomic E-state index is 0.708. The summed E-state index contributed by atoms with van der Waals surface area (Å²) >= 11 is 0. The Kier molecular flexibility index (Phi) is 2.38. The van der Waals surface area contributed by atoms with E-state index in [4.69, 9.17) is 5.73 Å². The normalized spacial score (nSPS) is 15.8. The molecule has 0 aromatic carbocycles. The lowest BCUT2D eigenvalue weighted by atomic mass is 10.0. The van der Waals surface area contributed by atoms with Gasteiger partial charge in [0.1, 0.15) is 11.1 Å². The standard InChI is InChI=1S/C9H12N/c1-8-3-2-4-9(7-8)5-6-10/h2-4H,5-6,10H2,1H3/q+1. The van der Waals surface area contributed by atoms with Crippen LogP contribution in [0.15, 0.2) is 29.4 Å². The molecular weight excluding hydrogens is 122 g/mol. The molecule has 0 saturated heterocycles. The van der Waals surface area contributed by atoms with Crippen LogP contribution in [-0.2, 0) is 0 Å². The summed E-state index contributed by atoms with van der Waals surface area (Å²) in [4.78, 5) is 0. The molecule has 0 aromatic rings. The Balaban J connectivity index is 2.63. The van der Waals surface area contributed by atoms with Gasteiger partial charge >= 0.3 is 0 Å². The molecule has 1 aliphatic rings. The van der Waals surface area contributed by atoms with E-state index in [0.717, 1.165) is 6.42 Å². The Bertz CT molecular complexity index is 197. The van der Waals surface area contributed by atoms with E-state index in [2.05, 4.69) is 12.2 Å². The fourth-order valence-electron chi connectivity index (χ4n) is 0.947. The fraction of sp³-hybridized carbons (Fsp3) is 0.333. The Hall–Kier alpha value is -0.910. The molecule has 0 saturated carbocycles. The molecule has 1 heteroatoms. The maximum absolute atomic E-state index is 5.39. The van der Waals surface area contributed by atoms with Crippen LogP contribution in [0.5, 0.6) is 0 Å². The van der Waals surface area contributed by atoms with E-state index in [0.29, 0.717) is 6.54 Å². The van der Waals surface area contributed by atoms with Crippen LogP contribution in [-0.4, -0.2) is 6.54 Å². The molecular formula is C9H12N+. The van der Waals surface area contributed by atoms with Gasteiger partial charge in [0.25, 0.3) is 0 Å². The van der Waals surface area contributed by atoms with Crippen molar-refractivity contribution in [2.45, 2.75) is 13.3 Å². The molecule has 0 bridgehead atoms. The molecule has 2 N–H and O–H groups in total. The van der Waals surface area contributed by atoms with Crippen LogP contribution in [0, 0.1) is 6.08 Å². The lowest BCUT2D eigenvalue weighted by Gasteiger charge is -1.93. The van der Waals surface area contributed by atoms with E-state index >= 15 is 0 Å². The number of rotatable bonds is 2. The van der Waals surface area contributed by atoms with Crippen molar-refractivity contribution in [3.8, 4) is 0 Å². The first-order valence-electron chi connectivity index (χ1n) is 3.51. The Morgan fingerprint density at radius 2 is 2.40 bits per heavy atom. The summed E-state index contributed by atoms with van der Waals surface area (Å²) < 4.78 is 0. The highest BCUT2D eigenvalue weighted by Gasteiger charge is 2.05. The molecule has 0 amide bonds. The summed E-state index contributed by atoms with van der Waals surface area (Å²) in [5.41, 5.74) is 7.79. The summed E-state index contributed by atoms with van der Waals surface area (Å²) in [5.74, 6) is 0. The van der Waals surface area contributed by atoms with Crippen LogP contribution in [0.4, 0.5) is 0 Å². The van der Waals surface area contributed by atoms with Gasteiger partial charge in [0.05, 0.1) is 12.2 Å². The predicted octanol–water partition coefficient (Wildman–Crippen LogP) is 1.58. The fourth-order valence-corrected chi connectivity index (χ4v) is 0.947. The van der Waals surface area contributed by atoms with Gasteiger partial charge in [-0.2, -0.15) is 0 Å². The molecule has 0 atom stereocenters. The van der Waals surface area contributed by atoms with Crippen molar-refractivity contribution >= 4 is 0 Å². The van der Waals surface area contributed by atoms with Crippen LogP contribution in [0.2, 0.25) is 0 Å². The van der Waals surface area contributed by atoms with Crippen LogP contribution < -0.4 is 5.73 Å². The molecule has 1 nitrogen and oxygen atoms in total. The summed E-state index contributed by atoms with van der Waals surface area (Å²) in [6.07, 6.45) is 10.3. The highest BCUT2D eigenvalue weighted by molar-refractivity contribution is 5.33. The quantitative estimate of drug-likeness (QED) is 0.570. The molecule has 0 unspecified atom stereocenters. The van der Waals surface area contributed by atoms with Gasteiger partial charge in [-0.1, -0.05) is 0 Å². The van der Waals surface area contributed by atoms with Crippen molar-refractivity contribution in [2.24, 2.45) is 5.73 Å². The Labute approximate surface area is 61.9 Å². The zero-order valence-electron chi connectivity index (χ0n) is 6.22. The predicted molar refractivity (Wildman–Crippen MR) is 43.3 cm³/mol.